The van der Waals surface area contributed by atoms with Crippen LogP contribution in [0, 0.1) is 6.92 Å². The van der Waals surface area contributed by atoms with Gasteiger partial charge in [0.1, 0.15) is 22.9 Å². The first-order valence-electron chi connectivity index (χ1n) is 12.0. The number of para-hydroxylation sites is 1. The summed E-state index contributed by atoms with van der Waals surface area (Å²) in [5, 5.41) is 17.3. The number of likely N-dealkylation sites (tertiary alicyclic amines) is 1. The predicted octanol–water partition coefficient (Wildman–Crippen LogP) is 4.31. The Morgan fingerprint density at radius 2 is 1.94 bits per heavy atom. The van der Waals surface area contributed by atoms with Gasteiger partial charge in [-0.1, -0.05) is 6.07 Å². The third-order valence-corrected chi connectivity index (χ3v) is 8.41. The van der Waals surface area contributed by atoms with E-state index in [4.69, 9.17) is 4.42 Å². The molecule has 2 aromatic carbocycles. The molecule has 184 valence electrons. The molecule has 1 amide bonds. The molecule has 35 heavy (non-hydrogen) atoms. The Morgan fingerprint density at radius 3 is 2.60 bits per heavy atom. The number of phenolic OH excluding ortho intramolecular Hbond substituents is 1. The highest BCUT2D eigenvalue weighted by molar-refractivity contribution is 8.00. The molecule has 8 nitrogen and oxygen atoms in total. The van der Waals surface area contributed by atoms with Gasteiger partial charge >= 0.3 is 0 Å². The molecule has 2 unspecified atom stereocenters. The summed E-state index contributed by atoms with van der Waals surface area (Å²) in [5.74, 6) is 2.04. The zero-order valence-corrected chi connectivity index (χ0v) is 20.6. The first-order chi connectivity index (χ1) is 16.8. The minimum Gasteiger partial charge on any atom is -0.505 e. The monoisotopic (exact) mass is 495 g/mol. The predicted molar refractivity (Wildman–Crippen MR) is 138 cm³/mol. The Bertz CT molecular complexity index is 1320. The minimum absolute atomic E-state index is 0.0840. The van der Waals surface area contributed by atoms with Crippen molar-refractivity contribution in [3.05, 3.63) is 67.9 Å². The smallest absolute Gasteiger partial charge is 0.257 e. The van der Waals surface area contributed by atoms with Gasteiger partial charge in [0.2, 0.25) is 0 Å². The van der Waals surface area contributed by atoms with Crippen LogP contribution in [0.2, 0.25) is 0 Å². The average Bonchev–Trinajstić information content (AvgIpc) is 3.62. The number of thioether (sulfide) groups is 1. The Balaban J connectivity index is 1.42. The van der Waals surface area contributed by atoms with E-state index in [9.17, 15) is 19.5 Å². The lowest BCUT2D eigenvalue weighted by molar-refractivity contribution is 0.0744. The van der Waals surface area contributed by atoms with E-state index in [-0.39, 0.29) is 51.6 Å². The number of carbonyl (C=O) groups is 1. The number of anilines is 3. The molecule has 2 aliphatic rings. The Hall–Kier alpha value is -3.20. The average molecular weight is 496 g/mol. The molecule has 3 N–H and O–H groups in total. The first-order valence-corrected chi connectivity index (χ1v) is 13.1. The molecule has 9 heteroatoms. The second kappa shape index (κ2) is 9.45. The molecule has 0 radical (unpaired) electrons. The van der Waals surface area contributed by atoms with Crippen molar-refractivity contribution in [1.82, 2.24) is 4.90 Å². The van der Waals surface area contributed by atoms with Crippen molar-refractivity contribution < 1.29 is 14.3 Å². The van der Waals surface area contributed by atoms with Crippen molar-refractivity contribution >= 4 is 34.7 Å². The third kappa shape index (κ3) is 4.33. The van der Waals surface area contributed by atoms with Crippen LogP contribution in [-0.2, 0) is 0 Å². The van der Waals surface area contributed by atoms with Crippen molar-refractivity contribution in [2.24, 2.45) is 0 Å². The van der Waals surface area contributed by atoms with Crippen molar-refractivity contribution in [2.75, 3.05) is 22.9 Å². The molecule has 2 saturated heterocycles. The van der Waals surface area contributed by atoms with Crippen LogP contribution >= 0.6 is 11.8 Å². The molecule has 2 aliphatic heterocycles. The van der Waals surface area contributed by atoms with E-state index in [1.807, 2.05) is 37.7 Å². The van der Waals surface area contributed by atoms with Gasteiger partial charge in [0, 0.05) is 17.8 Å². The largest absolute Gasteiger partial charge is 0.505 e. The maximum Gasteiger partial charge on any atom is 0.257 e. The normalized spacial score (nSPS) is 20.9. The van der Waals surface area contributed by atoms with Gasteiger partial charge in [-0.15, -0.1) is 0 Å². The summed E-state index contributed by atoms with van der Waals surface area (Å²) < 4.78 is 5.86. The van der Waals surface area contributed by atoms with Gasteiger partial charge in [0.25, 0.3) is 16.8 Å². The van der Waals surface area contributed by atoms with Gasteiger partial charge in [-0.3, -0.25) is 14.4 Å². The molecule has 0 saturated carbocycles. The van der Waals surface area contributed by atoms with Gasteiger partial charge in [-0.05, 0) is 69.5 Å². The lowest BCUT2D eigenvalue weighted by atomic mass is 10.0. The highest BCUT2D eigenvalue weighted by Gasteiger charge is 2.33. The molecule has 0 bridgehead atoms. The Kier molecular flexibility index (Phi) is 6.35. The number of carbonyl (C=O) groups excluding carboxylic acids is 1. The molecule has 1 aromatic heterocycles. The van der Waals surface area contributed by atoms with E-state index < -0.39 is 10.9 Å². The van der Waals surface area contributed by atoms with Crippen molar-refractivity contribution in [3.63, 3.8) is 0 Å². The highest BCUT2D eigenvalue weighted by Crippen LogP contribution is 2.40. The number of hydrogen-bond donors (Lipinski definition) is 3. The van der Waals surface area contributed by atoms with Crippen LogP contribution in [0.25, 0.3) is 0 Å². The molecule has 3 atom stereocenters. The van der Waals surface area contributed by atoms with E-state index in [0.29, 0.717) is 6.54 Å². The van der Waals surface area contributed by atoms with E-state index in [0.717, 1.165) is 43.0 Å². The van der Waals surface area contributed by atoms with E-state index in [2.05, 4.69) is 10.6 Å². The Morgan fingerprint density at radius 1 is 1.14 bits per heavy atom. The fourth-order valence-electron chi connectivity index (χ4n) is 4.98. The summed E-state index contributed by atoms with van der Waals surface area (Å²) >= 11 is 1.81. The van der Waals surface area contributed by atoms with Crippen LogP contribution in [0.5, 0.6) is 5.75 Å². The number of benzene rings is 1. The molecular weight excluding hydrogens is 466 g/mol. The molecular formula is C26H29N3O5S. The quantitative estimate of drug-likeness (QED) is 0.328. The number of amides is 1. The summed E-state index contributed by atoms with van der Waals surface area (Å²) in [6, 6.07) is 8.43. The summed E-state index contributed by atoms with van der Waals surface area (Å²) in [6.45, 7) is 4.51. The molecule has 3 aromatic rings. The SMILES string of the molecule is Cc1ccc(C(Nc2c(Nc3cccc(C(=O)N4CCC[C@H]4C)c3O)c(=O)c2=O)C2CCCS2)o1. The fraction of sp³-hybridized carbons (Fsp3) is 0.423. The Labute approximate surface area is 207 Å². The number of nitrogens with one attached hydrogen (secondary N) is 2. The summed E-state index contributed by atoms with van der Waals surface area (Å²) in [4.78, 5) is 39.8. The lowest BCUT2D eigenvalue weighted by Gasteiger charge is -2.26. The van der Waals surface area contributed by atoms with Crippen LogP contribution in [0.4, 0.5) is 17.1 Å². The zero-order valence-electron chi connectivity index (χ0n) is 19.8. The van der Waals surface area contributed by atoms with Crippen molar-refractivity contribution in [2.45, 2.75) is 56.9 Å². The molecule has 0 aliphatic carbocycles. The summed E-state index contributed by atoms with van der Waals surface area (Å²) in [6.07, 6.45) is 3.91. The number of hydrogen-bond acceptors (Lipinski definition) is 8. The number of phenols is 1. The van der Waals surface area contributed by atoms with E-state index in [1.165, 1.54) is 0 Å². The van der Waals surface area contributed by atoms with Crippen molar-refractivity contribution in [1.29, 1.82) is 0 Å². The maximum absolute atomic E-state index is 13.0. The van der Waals surface area contributed by atoms with Gasteiger partial charge in [0.05, 0.1) is 17.3 Å². The minimum atomic E-state index is -0.662. The van der Waals surface area contributed by atoms with Crippen LogP contribution in [0.1, 0.15) is 60.5 Å². The maximum atomic E-state index is 13.0. The van der Waals surface area contributed by atoms with E-state index >= 15 is 0 Å². The number of rotatable bonds is 7. The third-order valence-electron chi connectivity index (χ3n) is 6.95. The zero-order chi connectivity index (χ0) is 24.7. The van der Waals surface area contributed by atoms with Crippen LogP contribution in [0.15, 0.2) is 44.3 Å². The van der Waals surface area contributed by atoms with Crippen LogP contribution < -0.4 is 21.5 Å². The molecule has 2 fully saturated rings. The highest BCUT2D eigenvalue weighted by atomic mass is 32.2. The van der Waals surface area contributed by atoms with Crippen LogP contribution in [-0.4, -0.2) is 39.5 Å². The van der Waals surface area contributed by atoms with Gasteiger partial charge in [-0.2, -0.15) is 11.8 Å². The number of furan rings is 1. The molecule has 3 heterocycles. The second-order valence-electron chi connectivity index (χ2n) is 9.35. The number of aryl methyl sites for hydroxylation is 1. The number of aromatic hydroxyl groups is 1. The fourth-order valence-corrected chi connectivity index (χ4v) is 6.34. The number of nitrogens with zero attached hydrogens (tertiary/aromatic N) is 1. The topological polar surface area (TPSA) is 112 Å². The first kappa shape index (κ1) is 23.5. The molecule has 5 rings (SSSR count). The van der Waals surface area contributed by atoms with E-state index in [1.54, 1.807) is 23.1 Å². The van der Waals surface area contributed by atoms with Gasteiger partial charge < -0.3 is 25.1 Å². The summed E-state index contributed by atoms with van der Waals surface area (Å²) in [7, 11) is 0. The van der Waals surface area contributed by atoms with Gasteiger partial charge in [0.15, 0.2) is 5.75 Å². The van der Waals surface area contributed by atoms with Crippen LogP contribution in [0.3, 0.4) is 0 Å². The van der Waals surface area contributed by atoms with Gasteiger partial charge in [-0.25, -0.2) is 0 Å². The lowest BCUT2D eigenvalue weighted by Crippen LogP contribution is -2.38. The second-order valence-corrected chi connectivity index (χ2v) is 10.7. The molecule has 0 spiro atoms. The van der Waals surface area contributed by atoms with Crippen molar-refractivity contribution in [3.8, 4) is 5.75 Å². The standard InChI is InChI=1S/C26H29N3O5S/c1-14-6-4-12-29(14)26(33)16-7-3-8-17(23(16)30)27-21-22(25(32)24(21)31)28-20(19-9-5-13-35-19)18-11-10-15(2)34-18/h3,7-8,10-11,14,19-20,27-28,30H,4-6,9,12-13H2,1-2H3/t14-,19?,20?/m1/s1. The summed E-state index contributed by atoms with van der Waals surface area (Å²) in [5.41, 5.74) is -0.639.